The van der Waals surface area contributed by atoms with Gasteiger partial charge in [0.2, 0.25) is 0 Å². The zero-order valence-electron chi connectivity index (χ0n) is 9.14. The molecule has 0 aliphatic carbocycles. The first-order chi connectivity index (χ1) is 7.75. The van der Waals surface area contributed by atoms with Crippen molar-refractivity contribution < 1.29 is 9.52 Å². The number of hydrogen-bond acceptors (Lipinski definition) is 4. The van der Waals surface area contributed by atoms with Gasteiger partial charge in [-0.2, -0.15) is 0 Å². The predicted molar refractivity (Wildman–Crippen MR) is 64.4 cm³/mol. The van der Waals surface area contributed by atoms with Crippen LogP contribution in [0, 0.1) is 6.92 Å². The van der Waals surface area contributed by atoms with Crippen LogP contribution in [0.15, 0.2) is 34.1 Å². The van der Waals surface area contributed by atoms with E-state index in [9.17, 15) is 5.11 Å². The van der Waals surface area contributed by atoms with E-state index in [0.717, 1.165) is 12.3 Å². The van der Waals surface area contributed by atoms with Crippen molar-refractivity contribution >= 4 is 11.3 Å². The predicted octanol–water partition coefficient (Wildman–Crippen LogP) is 2.47. The standard InChI is InChI=1S/C12H15NO2S/c1-9-4-5-12(15-9)11(14)8-13-7-10-3-2-6-16-10/h2-6,11,13-14H,7-8H2,1H3. The van der Waals surface area contributed by atoms with Crippen LogP contribution in [-0.2, 0) is 6.54 Å². The van der Waals surface area contributed by atoms with Gasteiger partial charge >= 0.3 is 0 Å². The van der Waals surface area contributed by atoms with Gasteiger partial charge in [0.05, 0.1) is 0 Å². The van der Waals surface area contributed by atoms with Gasteiger partial charge < -0.3 is 14.8 Å². The molecule has 0 radical (unpaired) electrons. The molecule has 1 atom stereocenters. The lowest BCUT2D eigenvalue weighted by Crippen LogP contribution is -2.20. The summed E-state index contributed by atoms with van der Waals surface area (Å²) in [4.78, 5) is 1.27. The van der Waals surface area contributed by atoms with Gasteiger partial charge in [0.15, 0.2) is 0 Å². The number of rotatable bonds is 5. The molecule has 2 rings (SSSR count). The first-order valence-corrected chi connectivity index (χ1v) is 6.11. The summed E-state index contributed by atoms with van der Waals surface area (Å²) in [7, 11) is 0. The van der Waals surface area contributed by atoms with Gasteiger partial charge in [-0.1, -0.05) is 6.07 Å². The largest absolute Gasteiger partial charge is 0.464 e. The van der Waals surface area contributed by atoms with Crippen LogP contribution in [0.3, 0.4) is 0 Å². The summed E-state index contributed by atoms with van der Waals surface area (Å²) in [5.74, 6) is 1.45. The monoisotopic (exact) mass is 237 g/mol. The van der Waals surface area contributed by atoms with Crippen LogP contribution in [0.2, 0.25) is 0 Å². The number of aryl methyl sites for hydroxylation is 1. The molecule has 3 nitrogen and oxygen atoms in total. The third-order valence-corrected chi connectivity index (χ3v) is 3.18. The van der Waals surface area contributed by atoms with Crippen LogP contribution < -0.4 is 5.32 Å². The fourth-order valence-corrected chi connectivity index (χ4v) is 2.15. The molecule has 4 heteroatoms. The molecule has 0 aromatic carbocycles. The highest BCUT2D eigenvalue weighted by molar-refractivity contribution is 7.09. The Bertz CT molecular complexity index is 422. The molecule has 2 aromatic rings. The summed E-state index contributed by atoms with van der Waals surface area (Å²) in [6.45, 7) is 3.16. The van der Waals surface area contributed by atoms with Gasteiger partial charge in [-0.15, -0.1) is 11.3 Å². The van der Waals surface area contributed by atoms with Gasteiger partial charge in [-0.3, -0.25) is 0 Å². The summed E-state index contributed by atoms with van der Waals surface area (Å²) in [6, 6.07) is 7.76. The van der Waals surface area contributed by atoms with E-state index in [1.165, 1.54) is 4.88 Å². The second-order valence-electron chi connectivity index (χ2n) is 3.67. The quantitative estimate of drug-likeness (QED) is 0.839. The Balaban J connectivity index is 1.78. The molecule has 0 saturated carbocycles. The summed E-state index contributed by atoms with van der Waals surface area (Å²) in [6.07, 6.45) is -0.575. The van der Waals surface area contributed by atoms with E-state index < -0.39 is 6.10 Å². The molecular weight excluding hydrogens is 222 g/mol. The summed E-state index contributed by atoms with van der Waals surface area (Å²) in [5.41, 5.74) is 0. The minimum atomic E-state index is -0.575. The first-order valence-electron chi connectivity index (χ1n) is 5.23. The van der Waals surface area contributed by atoms with E-state index >= 15 is 0 Å². The van der Waals surface area contributed by atoms with Crippen molar-refractivity contribution in [3.63, 3.8) is 0 Å². The highest BCUT2D eigenvalue weighted by Gasteiger charge is 2.10. The number of hydrogen-bond donors (Lipinski definition) is 2. The molecule has 0 saturated heterocycles. The third kappa shape index (κ3) is 2.95. The maximum absolute atomic E-state index is 9.81. The van der Waals surface area contributed by atoms with Crippen molar-refractivity contribution in [3.05, 3.63) is 46.0 Å². The fourth-order valence-electron chi connectivity index (χ4n) is 1.48. The van der Waals surface area contributed by atoms with Crippen LogP contribution in [0.25, 0.3) is 0 Å². The smallest absolute Gasteiger partial charge is 0.133 e. The van der Waals surface area contributed by atoms with Crippen molar-refractivity contribution in [2.24, 2.45) is 0 Å². The van der Waals surface area contributed by atoms with Crippen LogP contribution >= 0.6 is 11.3 Å². The van der Waals surface area contributed by atoms with Gasteiger partial charge in [-0.25, -0.2) is 0 Å². The Labute approximate surface area is 98.7 Å². The van der Waals surface area contributed by atoms with E-state index in [2.05, 4.69) is 11.4 Å². The number of aliphatic hydroxyl groups is 1. The Hall–Kier alpha value is -1.10. The Morgan fingerprint density at radius 2 is 2.31 bits per heavy atom. The Morgan fingerprint density at radius 1 is 1.44 bits per heavy atom. The Kier molecular flexibility index (Phi) is 3.77. The zero-order chi connectivity index (χ0) is 11.4. The van der Waals surface area contributed by atoms with Gasteiger partial charge in [0.25, 0.3) is 0 Å². The first kappa shape index (κ1) is 11.4. The van der Waals surface area contributed by atoms with Crippen molar-refractivity contribution in [1.82, 2.24) is 5.32 Å². The van der Waals surface area contributed by atoms with E-state index in [1.54, 1.807) is 11.3 Å². The fraction of sp³-hybridized carbons (Fsp3) is 0.333. The summed E-state index contributed by atoms with van der Waals surface area (Å²) < 4.78 is 5.35. The number of nitrogens with one attached hydrogen (secondary N) is 1. The van der Waals surface area contributed by atoms with E-state index in [4.69, 9.17) is 4.42 Å². The van der Waals surface area contributed by atoms with Gasteiger partial charge in [0, 0.05) is 18.0 Å². The summed E-state index contributed by atoms with van der Waals surface area (Å²) in [5, 5.41) is 15.1. The molecule has 0 fully saturated rings. The number of thiophene rings is 1. The lowest BCUT2D eigenvalue weighted by atomic mass is 10.2. The second-order valence-corrected chi connectivity index (χ2v) is 4.71. The van der Waals surface area contributed by atoms with Crippen molar-refractivity contribution in [3.8, 4) is 0 Å². The maximum Gasteiger partial charge on any atom is 0.133 e. The number of furan rings is 1. The van der Waals surface area contributed by atoms with Gasteiger partial charge in [0.1, 0.15) is 17.6 Å². The average Bonchev–Trinajstić information content (AvgIpc) is 2.89. The molecule has 0 aliphatic rings. The van der Waals surface area contributed by atoms with Crippen molar-refractivity contribution in [1.29, 1.82) is 0 Å². The molecule has 2 aromatic heterocycles. The number of aliphatic hydroxyl groups excluding tert-OH is 1. The molecule has 0 bridgehead atoms. The van der Waals surface area contributed by atoms with Crippen LogP contribution in [0.1, 0.15) is 22.5 Å². The summed E-state index contributed by atoms with van der Waals surface area (Å²) >= 11 is 1.71. The van der Waals surface area contributed by atoms with Crippen LogP contribution in [-0.4, -0.2) is 11.7 Å². The lowest BCUT2D eigenvalue weighted by Gasteiger charge is -2.08. The normalized spacial score (nSPS) is 12.9. The minimum absolute atomic E-state index is 0.505. The van der Waals surface area contributed by atoms with E-state index in [0.29, 0.717) is 12.3 Å². The van der Waals surface area contributed by atoms with E-state index in [-0.39, 0.29) is 0 Å². The molecule has 2 N–H and O–H groups in total. The zero-order valence-corrected chi connectivity index (χ0v) is 9.96. The van der Waals surface area contributed by atoms with Crippen molar-refractivity contribution in [2.75, 3.05) is 6.54 Å². The highest BCUT2D eigenvalue weighted by Crippen LogP contribution is 2.15. The molecule has 86 valence electrons. The van der Waals surface area contributed by atoms with Gasteiger partial charge in [-0.05, 0) is 30.5 Å². The molecule has 2 heterocycles. The highest BCUT2D eigenvalue weighted by atomic mass is 32.1. The Morgan fingerprint density at radius 3 is 2.94 bits per heavy atom. The topological polar surface area (TPSA) is 45.4 Å². The maximum atomic E-state index is 9.81. The third-order valence-electron chi connectivity index (χ3n) is 2.31. The molecule has 1 unspecified atom stereocenters. The average molecular weight is 237 g/mol. The molecule has 0 spiro atoms. The van der Waals surface area contributed by atoms with Crippen LogP contribution in [0.4, 0.5) is 0 Å². The SMILES string of the molecule is Cc1ccc(C(O)CNCc2cccs2)o1. The molecule has 0 amide bonds. The van der Waals surface area contributed by atoms with E-state index in [1.807, 2.05) is 30.5 Å². The molecule has 0 aliphatic heterocycles. The minimum Gasteiger partial charge on any atom is -0.464 e. The second kappa shape index (κ2) is 5.30. The molecular formula is C12H15NO2S. The van der Waals surface area contributed by atoms with Crippen LogP contribution in [0.5, 0.6) is 0 Å². The van der Waals surface area contributed by atoms with Crippen molar-refractivity contribution in [2.45, 2.75) is 19.6 Å². The molecule has 16 heavy (non-hydrogen) atoms. The lowest BCUT2D eigenvalue weighted by molar-refractivity contribution is 0.146.